The SMILES string of the molecule is CC1(C)CCC[C@H]2C1=CC[C@H]1C[C@@](C)([C@@H](O)CO)CC[C@@]12C. The highest BCUT2D eigenvalue weighted by Gasteiger charge is 2.54. The third-order valence-electron chi connectivity index (χ3n) is 7.73. The van der Waals surface area contributed by atoms with Gasteiger partial charge in [0, 0.05) is 0 Å². The van der Waals surface area contributed by atoms with E-state index in [-0.39, 0.29) is 12.0 Å². The number of aliphatic hydroxyl groups excluding tert-OH is 2. The molecule has 0 radical (unpaired) electrons. The van der Waals surface area contributed by atoms with Crippen LogP contribution < -0.4 is 0 Å². The van der Waals surface area contributed by atoms with Gasteiger partial charge in [0.15, 0.2) is 0 Å². The van der Waals surface area contributed by atoms with Gasteiger partial charge in [-0.1, -0.05) is 45.8 Å². The van der Waals surface area contributed by atoms with Crippen LogP contribution >= 0.6 is 0 Å². The highest BCUT2D eigenvalue weighted by atomic mass is 16.3. The summed E-state index contributed by atoms with van der Waals surface area (Å²) in [5.74, 6) is 1.40. The Kier molecular flexibility index (Phi) is 4.01. The average Bonchev–Trinajstić information content (AvgIpc) is 2.47. The Bertz CT molecular complexity index is 466. The topological polar surface area (TPSA) is 40.5 Å². The van der Waals surface area contributed by atoms with Crippen LogP contribution in [0.2, 0.25) is 0 Å². The summed E-state index contributed by atoms with van der Waals surface area (Å²) in [6.07, 6.45) is 10.5. The Morgan fingerprint density at radius 3 is 2.59 bits per heavy atom. The van der Waals surface area contributed by atoms with Gasteiger partial charge in [-0.05, 0) is 66.6 Å². The number of hydrogen-bond donors (Lipinski definition) is 2. The molecule has 0 spiro atoms. The van der Waals surface area contributed by atoms with Crippen LogP contribution in [0.25, 0.3) is 0 Å². The van der Waals surface area contributed by atoms with Crippen molar-refractivity contribution >= 4 is 0 Å². The highest BCUT2D eigenvalue weighted by molar-refractivity contribution is 5.26. The van der Waals surface area contributed by atoms with E-state index in [0.29, 0.717) is 16.7 Å². The molecule has 2 nitrogen and oxygen atoms in total. The maximum absolute atomic E-state index is 10.3. The zero-order valence-corrected chi connectivity index (χ0v) is 14.9. The first-order valence-electron chi connectivity index (χ1n) is 9.22. The lowest BCUT2D eigenvalue weighted by atomic mass is 9.46. The third kappa shape index (κ3) is 2.38. The van der Waals surface area contributed by atoms with Crippen LogP contribution in [0.5, 0.6) is 0 Å². The van der Waals surface area contributed by atoms with Gasteiger partial charge in [-0.15, -0.1) is 0 Å². The summed E-state index contributed by atoms with van der Waals surface area (Å²) in [5.41, 5.74) is 2.40. The second kappa shape index (κ2) is 5.34. The molecule has 2 N–H and O–H groups in total. The van der Waals surface area contributed by atoms with E-state index in [9.17, 15) is 10.2 Å². The number of allylic oxidation sites excluding steroid dienone is 2. The number of rotatable bonds is 2. The van der Waals surface area contributed by atoms with Crippen molar-refractivity contribution in [3.63, 3.8) is 0 Å². The van der Waals surface area contributed by atoms with Crippen molar-refractivity contribution in [1.82, 2.24) is 0 Å². The molecule has 126 valence electrons. The largest absolute Gasteiger partial charge is 0.394 e. The Morgan fingerprint density at radius 1 is 1.18 bits per heavy atom. The van der Waals surface area contributed by atoms with E-state index in [1.165, 1.54) is 32.1 Å². The van der Waals surface area contributed by atoms with Crippen LogP contribution in [0.1, 0.15) is 72.6 Å². The van der Waals surface area contributed by atoms with Gasteiger partial charge in [0.2, 0.25) is 0 Å². The van der Waals surface area contributed by atoms with Gasteiger partial charge in [0.05, 0.1) is 12.7 Å². The van der Waals surface area contributed by atoms with E-state index in [1.807, 2.05) is 0 Å². The van der Waals surface area contributed by atoms with E-state index >= 15 is 0 Å². The van der Waals surface area contributed by atoms with Crippen LogP contribution in [0, 0.1) is 28.1 Å². The summed E-state index contributed by atoms with van der Waals surface area (Å²) >= 11 is 0. The zero-order chi connectivity index (χ0) is 16.2. The molecule has 2 heteroatoms. The molecule has 0 saturated heterocycles. The molecule has 2 saturated carbocycles. The lowest BCUT2D eigenvalue weighted by Gasteiger charge is -2.59. The highest BCUT2D eigenvalue weighted by Crippen LogP contribution is 2.63. The van der Waals surface area contributed by atoms with Gasteiger partial charge in [-0.2, -0.15) is 0 Å². The summed E-state index contributed by atoms with van der Waals surface area (Å²) in [4.78, 5) is 0. The maximum Gasteiger partial charge on any atom is 0.0824 e. The second-order valence-corrected chi connectivity index (χ2v) is 9.48. The molecular formula is C20H34O2. The molecule has 3 aliphatic carbocycles. The molecule has 0 unspecified atom stereocenters. The Balaban J connectivity index is 1.89. The predicted octanol–water partition coefficient (Wildman–Crippen LogP) is 4.31. The van der Waals surface area contributed by atoms with Crippen molar-refractivity contribution in [2.24, 2.45) is 28.1 Å². The van der Waals surface area contributed by atoms with Crippen LogP contribution in [-0.2, 0) is 0 Å². The number of hydrogen-bond acceptors (Lipinski definition) is 2. The molecule has 0 aromatic carbocycles. The number of aliphatic hydroxyl groups is 2. The summed E-state index contributed by atoms with van der Waals surface area (Å²) in [6.45, 7) is 9.45. The fourth-order valence-corrected chi connectivity index (χ4v) is 5.88. The fraction of sp³-hybridized carbons (Fsp3) is 0.900. The fourth-order valence-electron chi connectivity index (χ4n) is 5.88. The minimum Gasteiger partial charge on any atom is -0.394 e. The van der Waals surface area contributed by atoms with E-state index in [4.69, 9.17) is 0 Å². The standard InChI is InChI=1S/C20H34O2/c1-18(2)9-5-6-16-15(18)8-7-14-12-19(3,17(22)13-21)10-11-20(14,16)4/h8,14,16-17,21-22H,5-7,9-13H2,1-4H3/t14-,16-,17-,19-,20-/m0/s1. The first kappa shape index (κ1) is 16.5. The van der Waals surface area contributed by atoms with Crippen molar-refractivity contribution in [1.29, 1.82) is 0 Å². The van der Waals surface area contributed by atoms with Gasteiger partial charge in [-0.25, -0.2) is 0 Å². The molecule has 22 heavy (non-hydrogen) atoms. The predicted molar refractivity (Wildman–Crippen MR) is 90.5 cm³/mol. The van der Waals surface area contributed by atoms with Gasteiger partial charge >= 0.3 is 0 Å². The third-order valence-corrected chi connectivity index (χ3v) is 7.73. The van der Waals surface area contributed by atoms with Gasteiger partial charge in [0.1, 0.15) is 0 Å². The summed E-state index contributed by atoms with van der Waals surface area (Å²) in [7, 11) is 0. The van der Waals surface area contributed by atoms with E-state index in [2.05, 4.69) is 33.8 Å². The summed E-state index contributed by atoms with van der Waals surface area (Å²) < 4.78 is 0. The molecule has 0 amide bonds. The van der Waals surface area contributed by atoms with E-state index in [0.717, 1.165) is 18.8 Å². The van der Waals surface area contributed by atoms with E-state index in [1.54, 1.807) is 5.57 Å². The molecule has 5 atom stereocenters. The van der Waals surface area contributed by atoms with Gasteiger partial charge in [-0.3, -0.25) is 0 Å². The van der Waals surface area contributed by atoms with E-state index < -0.39 is 6.10 Å². The minimum absolute atomic E-state index is 0.0997. The minimum atomic E-state index is -0.565. The molecule has 0 aromatic rings. The van der Waals surface area contributed by atoms with Crippen LogP contribution in [-0.4, -0.2) is 22.9 Å². The Labute approximate surface area is 136 Å². The van der Waals surface area contributed by atoms with Gasteiger partial charge < -0.3 is 10.2 Å². The number of fused-ring (bicyclic) bond motifs is 3. The summed E-state index contributed by atoms with van der Waals surface area (Å²) in [6, 6.07) is 0. The molecule has 3 rings (SSSR count). The lowest BCUT2D eigenvalue weighted by molar-refractivity contribution is -0.0909. The molecule has 0 aromatic heterocycles. The first-order chi connectivity index (χ1) is 10.2. The monoisotopic (exact) mass is 306 g/mol. The van der Waals surface area contributed by atoms with Crippen molar-refractivity contribution in [2.45, 2.75) is 78.7 Å². The van der Waals surface area contributed by atoms with Crippen molar-refractivity contribution in [3.05, 3.63) is 11.6 Å². The Morgan fingerprint density at radius 2 is 1.91 bits per heavy atom. The first-order valence-corrected chi connectivity index (χ1v) is 9.22. The van der Waals surface area contributed by atoms with Crippen LogP contribution in [0.15, 0.2) is 11.6 Å². The lowest BCUT2D eigenvalue weighted by Crippen LogP contribution is -2.51. The molecule has 2 fully saturated rings. The quantitative estimate of drug-likeness (QED) is 0.746. The maximum atomic E-state index is 10.3. The van der Waals surface area contributed by atoms with Crippen LogP contribution in [0.3, 0.4) is 0 Å². The van der Waals surface area contributed by atoms with Crippen molar-refractivity contribution in [3.8, 4) is 0 Å². The average molecular weight is 306 g/mol. The molecule has 3 aliphatic rings. The summed E-state index contributed by atoms with van der Waals surface area (Å²) in [5, 5.41) is 19.7. The molecule has 0 aliphatic heterocycles. The van der Waals surface area contributed by atoms with Crippen molar-refractivity contribution in [2.75, 3.05) is 6.61 Å². The smallest absolute Gasteiger partial charge is 0.0824 e. The normalized spacial score (nSPS) is 45.5. The molecule has 0 bridgehead atoms. The zero-order valence-electron chi connectivity index (χ0n) is 14.9. The molecular weight excluding hydrogens is 272 g/mol. The molecule has 0 heterocycles. The second-order valence-electron chi connectivity index (χ2n) is 9.48. The van der Waals surface area contributed by atoms with Crippen LogP contribution in [0.4, 0.5) is 0 Å². The van der Waals surface area contributed by atoms with Gasteiger partial charge in [0.25, 0.3) is 0 Å². The Hall–Kier alpha value is -0.340. The van der Waals surface area contributed by atoms with Crippen molar-refractivity contribution < 1.29 is 10.2 Å².